The first-order valence-electron chi connectivity index (χ1n) is 10.2. The Hall–Kier alpha value is -0.795. The quantitative estimate of drug-likeness (QED) is 0.696. The van der Waals surface area contributed by atoms with Crippen molar-refractivity contribution in [2.75, 3.05) is 0 Å². The molecule has 3 aliphatic carbocycles. The minimum atomic E-state index is -0.269. The summed E-state index contributed by atoms with van der Waals surface area (Å²) in [5, 5.41) is 0. The molecule has 5 unspecified atom stereocenters. The van der Waals surface area contributed by atoms with E-state index in [0.29, 0.717) is 5.92 Å². The van der Waals surface area contributed by atoms with Crippen LogP contribution in [0.15, 0.2) is 18.2 Å². The van der Waals surface area contributed by atoms with Gasteiger partial charge < -0.3 is 9.31 Å². The summed E-state index contributed by atoms with van der Waals surface area (Å²) < 4.78 is 12.6. The molecule has 2 nitrogen and oxygen atoms in total. The Morgan fingerprint density at radius 1 is 0.880 bits per heavy atom. The van der Waals surface area contributed by atoms with Crippen LogP contribution >= 0.6 is 0 Å². The van der Waals surface area contributed by atoms with Crippen LogP contribution in [-0.4, -0.2) is 18.3 Å². The summed E-state index contributed by atoms with van der Waals surface area (Å²) in [6.45, 7) is 11.0. The first-order chi connectivity index (χ1) is 11.7. The van der Waals surface area contributed by atoms with Gasteiger partial charge in [-0.25, -0.2) is 0 Å². The number of benzene rings is 1. The number of rotatable bonds is 1. The van der Waals surface area contributed by atoms with E-state index < -0.39 is 0 Å². The van der Waals surface area contributed by atoms with E-state index in [2.05, 4.69) is 52.8 Å². The average molecular weight is 338 g/mol. The lowest BCUT2D eigenvalue weighted by Gasteiger charge is -2.42. The molecular formula is C22H31BO2. The van der Waals surface area contributed by atoms with Crippen LogP contribution in [0.2, 0.25) is 0 Å². The van der Waals surface area contributed by atoms with Crippen molar-refractivity contribution in [1.29, 1.82) is 0 Å². The predicted octanol–water partition coefficient (Wildman–Crippen LogP) is 4.62. The molecule has 1 aromatic rings. The van der Waals surface area contributed by atoms with Gasteiger partial charge in [-0.2, -0.15) is 0 Å². The van der Waals surface area contributed by atoms with Crippen LogP contribution in [-0.2, 0) is 9.31 Å². The van der Waals surface area contributed by atoms with Gasteiger partial charge in [0.15, 0.2) is 0 Å². The van der Waals surface area contributed by atoms with Gasteiger partial charge in [-0.15, -0.1) is 0 Å². The molecule has 5 rings (SSSR count). The molecule has 5 atom stereocenters. The van der Waals surface area contributed by atoms with Crippen LogP contribution in [0.5, 0.6) is 0 Å². The second-order valence-electron chi connectivity index (χ2n) is 10.2. The molecule has 0 radical (unpaired) electrons. The van der Waals surface area contributed by atoms with Crippen LogP contribution in [0.4, 0.5) is 0 Å². The highest BCUT2D eigenvalue weighted by Gasteiger charge is 2.53. The molecule has 0 aromatic heterocycles. The standard InChI is InChI=1S/C22H31BO2/c1-13-8-14-9-15-10-16(11-19(14)15)20-12-17(6-7-18(13)20)23-24-21(2,3)22(4,5)25-23/h6-7,12-16,19H,8-11H2,1-5H3. The Labute approximate surface area is 152 Å². The molecule has 4 aliphatic rings. The van der Waals surface area contributed by atoms with Gasteiger partial charge in [-0.3, -0.25) is 0 Å². The molecular weight excluding hydrogens is 307 g/mol. The fourth-order valence-corrected chi connectivity index (χ4v) is 6.00. The monoisotopic (exact) mass is 338 g/mol. The average Bonchev–Trinajstić information content (AvgIpc) is 3.00. The van der Waals surface area contributed by atoms with Gasteiger partial charge in [-0.1, -0.05) is 25.1 Å². The molecule has 3 heteroatoms. The lowest BCUT2D eigenvalue weighted by molar-refractivity contribution is 0.00578. The van der Waals surface area contributed by atoms with Crippen molar-refractivity contribution >= 4 is 12.6 Å². The fraction of sp³-hybridized carbons (Fsp3) is 0.727. The molecule has 2 bridgehead atoms. The predicted molar refractivity (Wildman–Crippen MR) is 102 cm³/mol. The van der Waals surface area contributed by atoms with E-state index in [0.717, 1.165) is 23.7 Å². The van der Waals surface area contributed by atoms with E-state index >= 15 is 0 Å². The molecule has 3 fully saturated rings. The van der Waals surface area contributed by atoms with Gasteiger partial charge in [-0.05, 0) is 99.6 Å². The van der Waals surface area contributed by atoms with Gasteiger partial charge in [0.1, 0.15) is 0 Å². The topological polar surface area (TPSA) is 18.5 Å². The van der Waals surface area contributed by atoms with Crippen molar-refractivity contribution in [3.05, 3.63) is 29.3 Å². The maximum absolute atomic E-state index is 6.31. The van der Waals surface area contributed by atoms with Gasteiger partial charge in [0, 0.05) is 0 Å². The maximum atomic E-state index is 6.31. The van der Waals surface area contributed by atoms with Gasteiger partial charge in [0.05, 0.1) is 11.2 Å². The number of hydrogen-bond acceptors (Lipinski definition) is 2. The van der Waals surface area contributed by atoms with Crippen LogP contribution in [0, 0.1) is 17.8 Å². The number of hydrogen-bond donors (Lipinski definition) is 0. The Morgan fingerprint density at radius 3 is 2.28 bits per heavy atom. The highest BCUT2D eigenvalue weighted by atomic mass is 16.7. The summed E-state index contributed by atoms with van der Waals surface area (Å²) >= 11 is 0. The normalized spacial score (nSPS) is 40.2. The summed E-state index contributed by atoms with van der Waals surface area (Å²) in [5.74, 6) is 4.48. The molecule has 134 valence electrons. The van der Waals surface area contributed by atoms with Crippen molar-refractivity contribution in [3.8, 4) is 0 Å². The van der Waals surface area contributed by atoms with Crippen molar-refractivity contribution < 1.29 is 9.31 Å². The smallest absolute Gasteiger partial charge is 0.399 e. The summed E-state index contributed by atoms with van der Waals surface area (Å²) in [5.41, 5.74) is 3.87. The molecule has 0 N–H and O–H groups in total. The van der Waals surface area contributed by atoms with Crippen molar-refractivity contribution in [1.82, 2.24) is 0 Å². The lowest BCUT2D eigenvalue weighted by Crippen LogP contribution is -2.41. The van der Waals surface area contributed by atoms with Gasteiger partial charge >= 0.3 is 7.12 Å². The van der Waals surface area contributed by atoms with Crippen LogP contribution < -0.4 is 5.46 Å². The maximum Gasteiger partial charge on any atom is 0.494 e. The van der Waals surface area contributed by atoms with Crippen molar-refractivity contribution in [2.45, 2.75) is 83.3 Å². The third-order valence-corrected chi connectivity index (χ3v) is 8.22. The minimum absolute atomic E-state index is 0.234. The highest BCUT2D eigenvalue weighted by Crippen LogP contribution is 2.60. The third-order valence-electron chi connectivity index (χ3n) is 8.22. The molecule has 1 saturated heterocycles. The molecule has 1 aliphatic heterocycles. The largest absolute Gasteiger partial charge is 0.494 e. The molecule has 1 aromatic carbocycles. The minimum Gasteiger partial charge on any atom is -0.399 e. The third kappa shape index (κ3) is 2.31. The lowest BCUT2D eigenvalue weighted by atomic mass is 9.63. The van der Waals surface area contributed by atoms with Crippen LogP contribution in [0.25, 0.3) is 0 Å². The zero-order valence-electron chi connectivity index (χ0n) is 16.3. The summed E-state index contributed by atoms with van der Waals surface area (Å²) in [6, 6.07) is 7.08. The summed E-state index contributed by atoms with van der Waals surface area (Å²) in [4.78, 5) is 0. The number of fused-ring (bicyclic) bond motifs is 3. The molecule has 0 spiro atoms. The second kappa shape index (κ2) is 5.13. The first kappa shape index (κ1) is 16.4. The van der Waals surface area contributed by atoms with E-state index in [1.54, 1.807) is 11.1 Å². The molecule has 0 amide bonds. The van der Waals surface area contributed by atoms with Gasteiger partial charge in [0.2, 0.25) is 0 Å². The van der Waals surface area contributed by atoms with Gasteiger partial charge in [0.25, 0.3) is 0 Å². The fourth-order valence-electron chi connectivity index (χ4n) is 6.00. The Balaban J connectivity index is 1.51. The van der Waals surface area contributed by atoms with E-state index in [4.69, 9.17) is 9.31 Å². The molecule has 25 heavy (non-hydrogen) atoms. The van der Waals surface area contributed by atoms with Crippen molar-refractivity contribution in [2.24, 2.45) is 17.8 Å². The van der Waals surface area contributed by atoms with E-state index in [1.807, 2.05) is 0 Å². The summed E-state index contributed by atoms with van der Waals surface area (Å²) in [7, 11) is -0.234. The highest BCUT2D eigenvalue weighted by molar-refractivity contribution is 6.62. The Kier molecular flexibility index (Phi) is 3.36. The van der Waals surface area contributed by atoms with E-state index in [1.165, 1.54) is 31.1 Å². The zero-order valence-corrected chi connectivity index (χ0v) is 16.3. The molecule has 1 heterocycles. The zero-order chi connectivity index (χ0) is 17.6. The summed E-state index contributed by atoms with van der Waals surface area (Å²) in [6.07, 6.45) is 5.70. The Morgan fingerprint density at radius 2 is 1.56 bits per heavy atom. The van der Waals surface area contributed by atoms with Crippen molar-refractivity contribution in [3.63, 3.8) is 0 Å². The SMILES string of the molecule is CC1CC2CC3CC(CC23)c2cc(B3OC(C)(C)C(C)(C)O3)ccc21. The van der Waals surface area contributed by atoms with Crippen LogP contribution in [0.1, 0.15) is 83.3 Å². The van der Waals surface area contributed by atoms with E-state index in [9.17, 15) is 0 Å². The van der Waals surface area contributed by atoms with Crippen LogP contribution in [0.3, 0.4) is 0 Å². The van der Waals surface area contributed by atoms with E-state index in [-0.39, 0.29) is 18.3 Å². The Bertz CT molecular complexity index is 694. The first-order valence-corrected chi connectivity index (χ1v) is 10.2. The second-order valence-corrected chi connectivity index (χ2v) is 10.2. The molecule has 2 saturated carbocycles.